The van der Waals surface area contributed by atoms with Gasteiger partial charge < -0.3 is 14.8 Å². The van der Waals surface area contributed by atoms with Crippen molar-refractivity contribution in [3.05, 3.63) is 64.4 Å². The number of alkyl halides is 3. The van der Waals surface area contributed by atoms with Crippen molar-refractivity contribution in [1.82, 2.24) is 0 Å². The Morgan fingerprint density at radius 2 is 1.86 bits per heavy atom. The Bertz CT molecular complexity index is 944. The van der Waals surface area contributed by atoms with Crippen LogP contribution in [-0.2, 0) is 12.8 Å². The summed E-state index contributed by atoms with van der Waals surface area (Å²) in [4.78, 5) is -0.0942. The first-order valence-electron chi connectivity index (χ1n) is 8.39. The van der Waals surface area contributed by atoms with E-state index < -0.39 is 11.1 Å². The second-order valence-electron chi connectivity index (χ2n) is 6.04. The summed E-state index contributed by atoms with van der Waals surface area (Å²) in [5.41, 5.74) is 1.61. The molecule has 4 rings (SSSR count). The van der Waals surface area contributed by atoms with Gasteiger partial charge in [-0.05, 0) is 23.8 Å². The van der Waals surface area contributed by atoms with Crippen molar-refractivity contribution in [2.75, 3.05) is 18.5 Å². The number of halogens is 4. The molecule has 148 valence electrons. The van der Waals surface area contributed by atoms with Crippen molar-refractivity contribution in [1.29, 1.82) is 0 Å². The number of thiophene rings is 1. The van der Waals surface area contributed by atoms with Crippen LogP contribution in [0.4, 0.5) is 18.9 Å². The third-order valence-electron chi connectivity index (χ3n) is 4.13. The molecule has 1 aliphatic heterocycles. The zero-order valence-electron chi connectivity index (χ0n) is 14.6. The predicted molar refractivity (Wildman–Crippen MR) is 107 cm³/mol. The van der Waals surface area contributed by atoms with Gasteiger partial charge in [0, 0.05) is 23.1 Å². The average molecular weight is 428 g/mol. The summed E-state index contributed by atoms with van der Waals surface area (Å²) >= 11 is 0.716. The first-order chi connectivity index (χ1) is 13.0. The van der Waals surface area contributed by atoms with E-state index in [2.05, 4.69) is 5.32 Å². The fraction of sp³-hybridized carbons (Fsp3) is 0.200. The van der Waals surface area contributed by atoms with E-state index in [1.165, 1.54) is 0 Å². The highest BCUT2D eigenvalue weighted by molar-refractivity contribution is 7.12. The largest absolute Gasteiger partial charge is 0.489 e. The highest BCUT2D eigenvalue weighted by atomic mass is 35.5. The van der Waals surface area contributed by atoms with Crippen molar-refractivity contribution in [2.24, 2.45) is 0 Å². The summed E-state index contributed by atoms with van der Waals surface area (Å²) in [5.74, 6) is 1.24. The quantitative estimate of drug-likeness (QED) is 0.534. The van der Waals surface area contributed by atoms with E-state index in [0.29, 0.717) is 39.9 Å². The fourth-order valence-corrected chi connectivity index (χ4v) is 3.87. The van der Waals surface area contributed by atoms with Gasteiger partial charge >= 0.3 is 6.18 Å². The Kier molecular flexibility index (Phi) is 6.05. The topological polar surface area (TPSA) is 30.5 Å². The molecular formula is C20H17ClF3NO2S. The molecular weight excluding hydrogens is 411 g/mol. The van der Waals surface area contributed by atoms with E-state index in [9.17, 15) is 13.2 Å². The summed E-state index contributed by atoms with van der Waals surface area (Å²) in [6, 6.07) is 15.5. The number of fused-ring (bicyclic) bond motifs is 1. The molecule has 0 radical (unpaired) electrons. The van der Waals surface area contributed by atoms with Crippen LogP contribution in [0.5, 0.6) is 11.5 Å². The van der Waals surface area contributed by atoms with Crippen LogP contribution >= 0.6 is 23.7 Å². The number of ether oxygens (including phenoxy) is 2. The van der Waals surface area contributed by atoms with Gasteiger partial charge in [0.15, 0.2) is 0 Å². The first-order valence-corrected chi connectivity index (χ1v) is 9.21. The monoisotopic (exact) mass is 427 g/mol. The molecule has 0 saturated carbocycles. The number of hydrogen-bond donors (Lipinski definition) is 1. The van der Waals surface area contributed by atoms with Gasteiger partial charge in [0.1, 0.15) is 29.6 Å². The van der Waals surface area contributed by atoms with Crippen molar-refractivity contribution in [2.45, 2.75) is 12.8 Å². The summed E-state index contributed by atoms with van der Waals surface area (Å²) in [5, 5.41) is 3.21. The summed E-state index contributed by atoms with van der Waals surface area (Å²) in [7, 11) is 0. The molecule has 2 aromatic carbocycles. The maximum absolute atomic E-state index is 13.4. The number of hydrogen-bond acceptors (Lipinski definition) is 4. The van der Waals surface area contributed by atoms with E-state index in [-0.39, 0.29) is 24.6 Å². The molecule has 3 nitrogen and oxygen atoms in total. The third kappa shape index (κ3) is 4.36. The molecule has 1 aromatic heterocycles. The smallest absolute Gasteiger partial charge is 0.426 e. The van der Waals surface area contributed by atoms with Crippen LogP contribution in [0.25, 0.3) is 11.1 Å². The minimum absolute atomic E-state index is 0. The zero-order valence-corrected chi connectivity index (χ0v) is 16.2. The second-order valence-corrected chi connectivity index (χ2v) is 7.18. The van der Waals surface area contributed by atoms with E-state index in [1.807, 2.05) is 6.07 Å². The minimum Gasteiger partial charge on any atom is -0.489 e. The minimum atomic E-state index is -4.40. The Hall–Kier alpha value is -2.38. The predicted octanol–water partition coefficient (Wildman–Crippen LogP) is 6.24. The maximum Gasteiger partial charge on any atom is 0.426 e. The molecule has 0 unspecified atom stereocenters. The molecule has 0 atom stereocenters. The molecule has 8 heteroatoms. The van der Waals surface area contributed by atoms with Crippen molar-refractivity contribution < 1.29 is 22.6 Å². The molecule has 3 aromatic rings. The average Bonchev–Trinajstić information content (AvgIpc) is 3.12. The van der Waals surface area contributed by atoms with Gasteiger partial charge in [0.25, 0.3) is 0 Å². The maximum atomic E-state index is 13.4. The van der Waals surface area contributed by atoms with Crippen LogP contribution in [0.15, 0.2) is 54.6 Å². The zero-order chi connectivity index (χ0) is 18.9. The van der Waals surface area contributed by atoms with Crippen molar-refractivity contribution in [3.63, 3.8) is 0 Å². The summed E-state index contributed by atoms with van der Waals surface area (Å²) in [6.07, 6.45) is -4.40. The normalized spacial score (nSPS) is 13.0. The number of rotatable bonds is 4. The third-order valence-corrected chi connectivity index (χ3v) is 5.29. The van der Waals surface area contributed by atoms with E-state index in [1.54, 1.807) is 48.5 Å². The summed E-state index contributed by atoms with van der Waals surface area (Å²) < 4.78 is 51.6. The van der Waals surface area contributed by atoms with Gasteiger partial charge in [-0.25, -0.2) is 0 Å². The van der Waals surface area contributed by atoms with Gasteiger partial charge in [-0.15, -0.1) is 23.7 Å². The van der Waals surface area contributed by atoms with Crippen LogP contribution in [0.3, 0.4) is 0 Å². The molecule has 0 fully saturated rings. The second kappa shape index (κ2) is 8.32. The lowest BCUT2D eigenvalue weighted by molar-refractivity contribution is -0.133. The Morgan fingerprint density at radius 3 is 2.61 bits per heavy atom. The Morgan fingerprint density at radius 1 is 1.07 bits per heavy atom. The SMILES string of the molecule is Cl.FC(F)(F)c1sc(COc2ccc3c(c2)OCCN3)cc1-c1ccccc1. The van der Waals surface area contributed by atoms with Crippen molar-refractivity contribution in [3.8, 4) is 22.6 Å². The molecule has 0 bridgehead atoms. The van der Waals surface area contributed by atoms with Gasteiger partial charge in [-0.1, -0.05) is 30.3 Å². The number of benzene rings is 2. The van der Waals surface area contributed by atoms with E-state index in [4.69, 9.17) is 9.47 Å². The van der Waals surface area contributed by atoms with Crippen LogP contribution < -0.4 is 14.8 Å². The van der Waals surface area contributed by atoms with Crippen LogP contribution in [0, 0.1) is 0 Å². The van der Waals surface area contributed by atoms with Gasteiger partial charge in [-0.2, -0.15) is 13.2 Å². The Balaban J connectivity index is 0.00000225. The molecule has 1 N–H and O–H groups in total. The van der Waals surface area contributed by atoms with Crippen LogP contribution in [0.2, 0.25) is 0 Å². The highest BCUT2D eigenvalue weighted by Gasteiger charge is 2.36. The van der Waals surface area contributed by atoms with Gasteiger partial charge in [0.05, 0.1) is 5.69 Å². The summed E-state index contributed by atoms with van der Waals surface area (Å²) in [6.45, 7) is 1.37. The standard InChI is InChI=1S/C20H16F3NO2S.ClH/c21-20(22,23)19-16(13-4-2-1-3-5-13)11-15(27-19)12-26-14-6-7-17-18(10-14)25-9-8-24-17;/h1-7,10-11,24H,8-9,12H2;1H. The molecule has 0 spiro atoms. The van der Waals surface area contributed by atoms with Gasteiger partial charge in [-0.3, -0.25) is 0 Å². The number of anilines is 1. The lowest BCUT2D eigenvalue weighted by Crippen LogP contribution is -2.17. The van der Waals surface area contributed by atoms with E-state index >= 15 is 0 Å². The number of nitrogens with one attached hydrogen (secondary N) is 1. The molecule has 2 heterocycles. The lowest BCUT2D eigenvalue weighted by atomic mass is 10.1. The molecule has 0 saturated heterocycles. The fourth-order valence-electron chi connectivity index (χ4n) is 2.91. The first kappa shape index (κ1) is 20.4. The lowest BCUT2D eigenvalue weighted by Gasteiger charge is -2.19. The molecule has 0 aliphatic carbocycles. The van der Waals surface area contributed by atoms with Crippen LogP contribution in [-0.4, -0.2) is 13.2 Å². The van der Waals surface area contributed by atoms with Crippen LogP contribution in [0.1, 0.15) is 9.75 Å². The molecule has 28 heavy (non-hydrogen) atoms. The van der Waals surface area contributed by atoms with Gasteiger partial charge in [0.2, 0.25) is 0 Å². The molecule has 1 aliphatic rings. The Labute approximate surface area is 170 Å². The molecule has 0 amide bonds. The van der Waals surface area contributed by atoms with Crippen molar-refractivity contribution >= 4 is 29.4 Å². The van der Waals surface area contributed by atoms with E-state index in [0.717, 1.165) is 12.2 Å². The highest BCUT2D eigenvalue weighted by Crippen LogP contribution is 2.43.